The summed E-state index contributed by atoms with van der Waals surface area (Å²) in [6, 6.07) is -3.58. The van der Waals surface area contributed by atoms with Gasteiger partial charge in [0, 0.05) is 12.8 Å². The molecule has 10 N–H and O–H groups in total. The molecule has 12 atom stereocenters. The Bertz CT molecular complexity index is 2110. The highest BCUT2D eigenvalue weighted by Gasteiger charge is 2.55. The fraction of sp³-hybridized carbons (Fsp3) is 0.946. The number of esters is 2. The van der Waals surface area contributed by atoms with Crippen molar-refractivity contribution in [1.82, 2.24) is 10.6 Å². The number of aliphatic hydroxyl groups excluding tert-OH is 4. The molecule has 0 unspecified atom stereocenters. The first-order valence-electron chi connectivity index (χ1n) is 39.6. The van der Waals surface area contributed by atoms with E-state index in [1.54, 1.807) is 0 Å². The van der Waals surface area contributed by atoms with Crippen molar-refractivity contribution in [3.05, 3.63) is 0 Å². The first-order chi connectivity index (χ1) is 47.5. The number of amides is 2. The number of hydrogen-bond donors (Lipinski definition) is 10. The smallest absolute Gasteiger partial charge is 0.457 e. The molecule has 0 aromatic carbocycles. The fourth-order valence-corrected chi connectivity index (χ4v) is 14.8. The second kappa shape index (κ2) is 57.1. The SMILES string of the molecule is CCCCCCCCCCC[C@@H](O)CC(=O)N[C@H]1[C@@H](OP(=O)(O)O)O[C@H](CO[C@@H]2O[C@H](CO)[C@@H](O)[C@H](OC(=O)CC(CCCCCCC)CCCCCCC)[C@H]2NC(=O)CC(CCCCCCC)CCCCCCC)[C@@H](OP(=O)(O)O)[C@@H]1OC(=O)C[C@H](O)CCCCCCCCCCC. The van der Waals surface area contributed by atoms with E-state index in [4.69, 9.17) is 32.7 Å². The minimum absolute atomic E-state index is 0.00954. The number of unbranched alkanes of at least 4 members (excludes halogenated alkanes) is 32. The monoisotopic (exact) mass is 1460 g/mol. The number of rotatable bonds is 64. The Balaban J connectivity index is 2.76. The number of carbonyl (C=O) groups excluding carboxylic acids is 4. The molecule has 0 radical (unpaired) electrons. The van der Waals surface area contributed by atoms with E-state index >= 15 is 0 Å². The molecule has 0 aromatic heterocycles. The van der Waals surface area contributed by atoms with Crippen LogP contribution in [0.1, 0.15) is 350 Å². The Hall–Kier alpha value is -2.18. The van der Waals surface area contributed by atoms with Gasteiger partial charge in [-0.2, -0.15) is 0 Å². The largest absolute Gasteiger partial charge is 0.472 e. The molecule has 2 aliphatic rings. The van der Waals surface area contributed by atoms with Gasteiger partial charge in [-0.25, -0.2) is 9.13 Å². The summed E-state index contributed by atoms with van der Waals surface area (Å²) < 4.78 is 67.7. The number of nitrogens with one attached hydrogen (secondary N) is 2. The maximum Gasteiger partial charge on any atom is 0.472 e. The van der Waals surface area contributed by atoms with Crippen LogP contribution in [0.15, 0.2) is 0 Å². The topological polar surface area (TPSA) is 353 Å². The molecule has 0 aromatic rings. The minimum atomic E-state index is -5.74. The Kier molecular flexibility index (Phi) is 53.6. The second-order valence-electron chi connectivity index (χ2n) is 28.7. The van der Waals surface area contributed by atoms with Gasteiger partial charge in [0.15, 0.2) is 24.8 Å². The Morgan fingerprint density at radius 3 is 1.11 bits per heavy atom. The zero-order valence-electron chi connectivity index (χ0n) is 62.2. The molecule has 2 amide bonds. The molecule has 0 saturated carbocycles. The number of aliphatic hydroxyl groups is 4. The van der Waals surface area contributed by atoms with Crippen LogP contribution in [-0.2, 0) is 61.0 Å². The van der Waals surface area contributed by atoms with Crippen LogP contribution in [0, 0.1) is 11.8 Å². The Morgan fingerprint density at radius 2 is 0.717 bits per heavy atom. The predicted octanol–water partition coefficient (Wildman–Crippen LogP) is 15.0. The van der Waals surface area contributed by atoms with Crippen LogP contribution in [0.25, 0.3) is 0 Å². The third-order valence-electron chi connectivity index (χ3n) is 19.5. The second-order valence-corrected chi connectivity index (χ2v) is 31.1. The van der Waals surface area contributed by atoms with E-state index in [0.717, 1.165) is 231 Å². The van der Waals surface area contributed by atoms with Crippen molar-refractivity contribution in [3.8, 4) is 0 Å². The van der Waals surface area contributed by atoms with Gasteiger partial charge in [0.05, 0.1) is 38.3 Å². The van der Waals surface area contributed by atoms with E-state index in [0.29, 0.717) is 12.8 Å². The molecule has 2 fully saturated rings. The van der Waals surface area contributed by atoms with Gasteiger partial charge in [0.2, 0.25) is 11.8 Å². The molecule has 2 rings (SSSR count). The zero-order chi connectivity index (χ0) is 73.1. The third kappa shape index (κ3) is 45.1. The molecule has 2 aliphatic heterocycles. The van der Waals surface area contributed by atoms with Crippen molar-refractivity contribution in [1.29, 1.82) is 0 Å². The molecule has 0 aliphatic carbocycles. The van der Waals surface area contributed by atoms with Gasteiger partial charge in [0.1, 0.15) is 36.5 Å². The number of hydrogen-bond acceptors (Lipinski definition) is 17. The van der Waals surface area contributed by atoms with Crippen LogP contribution in [0.5, 0.6) is 0 Å². The maximum absolute atomic E-state index is 14.7. The lowest BCUT2D eigenvalue weighted by Gasteiger charge is -2.47. The van der Waals surface area contributed by atoms with E-state index in [1.807, 2.05) is 0 Å². The molecular formula is C74H142N2O21P2. The normalized spacial score (nSPS) is 22.0. The molecule has 2 saturated heterocycles. The van der Waals surface area contributed by atoms with Crippen molar-refractivity contribution in [3.63, 3.8) is 0 Å². The van der Waals surface area contributed by atoms with Crippen molar-refractivity contribution < 1.29 is 101 Å². The Morgan fingerprint density at radius 1 is 0.394 bits per heavy atom. The first kappa shape index (κ1) is 92.9. The third-order valence-corrected chi connectivity index (χ3v) is 20.5. The van der Waals surface area contributed by atoms with Crippen LogP contribution in [0.3, 0.4) is 0 Å². The number of phosphoric ester groups is 2. The summed E-state index contributed by atoms with van der Waals surface area (Å²) in [5.74, 6) is -3.40. The van der Waals surface area contributed by atoms with Crippen LogP contribution < -0.4 is 10.6 Å². The highest BCUT2D eigenvalue weighted by Crippen LogP contribution is 2.46. The molecular weight excluding hydrogens is 1310 g/mol. The lowest BCUT2D eigenvalue weighted by atomic mass is 9.90. The van der Waals surface area contributed by atoms with E-state index in [1.165, 1.54) is 25.7 Å². The van der Waals surface area contributed by atoms with Crippen LogP contribution in [-0.4, -0.2) is 150 Å². The van der Waals surface area contributed by atoms with Crippen molar-refractivity contribution in [2.24, 2.45) is 11.8 Å². The average molecular weight is 1460 g/mol. The first-order valence-corrected chi connectivity index (χ1v) is 42.6. The van der Waals surface area contributed by atoms with Gasteiger partial charge in [0.25, 0.3) is 0 Å². The molecule has 99 heavy (non-hydrogen) atoms. The maximum atomic E-state index is 14.7. The van der Waals surface area contributed by atoms with Gasteiger partial charge in [-0.15, -0.1) is 0 Å². The summed E-state index contributed by atoms with van der Waals surface area (Å²) in [5.41, 5.74) is 0. The standard InChI is InChI=1S/C74H142N2O21P2/c1-7-13-19-25-27-29-31-37-43-49-59(78)53-64(81)76-68-72(95-66(83)54-60(79)50-44-38-32-30-28-26-20-14-8-2)70(96-98(85,86)87)62(93-74(68)97-99(88,89)90)56-91-73-67(75-63(80)51-57(45-39-33-21-15-9-3)46-40-34-22-16-10-4)71(69(84)61(55-77)92-73)94-65(82)52-58(47-41-35-23-17-11-5)48-42-36-24-18-12-6/h57-62,67-74,77-79,84H,7-56H2,1-6H3,(H,75,80)(H,76,81)(H2,85,86,87)(H2,88,89,90)/t59-,60-,61-,62-,67-,68-,69-,70-,71-,72-,73-,74-/m1/s1. The number of phosphoric acid groups is 2. The van der Waals surface area contributed by atoms with Crippen molar-refractivity contribution in [2.75, 3.05) is 13.2 Å². The molecule has 23 nitrogen and oxygen atoms in total. The molecule has 25 heteroatoms. The molecule has 2 heterocycles. The van der Waals surface area contributed by atoms with Crippen LogP contribution in [0.2, 0.25) is 0 Å². The summed E-state index contributed by atoms with van der Waals surface area (Å²) in [6.07, 6.45) is 22.9. The predicted molar refractivity (Wildman–Crippen MR) is 385 cm³/mol. The van der Waals surface area contributed by atoms with Gasteiger partial charge in [-0.1, -0.05) is 286 Å². The quantitative estimate of drug-likeness (QED) is 0.0154. The molecule has 0 spiro atoms. The highest BCUT2D eigenvalue weighted by molar-refractivity contribution is 7.46. The molecule has 0 bridgehead atoms. The van der Waals surface area contributed by atoms with Gasteiger partial charge in [-0.3, -0.25) is 28.2 Å². The summed E-state index contributed by atoms with van der Waals surface area (Å²) in [5, 5.41) is 50.7. The van der Waals surface area contributed by atoms with Crippen molar-refractivity contribution in [2.45, 2.75) is 423 Å². The van der Waals surface area contributed by atoms with Gasteiger partial charge in [-0.05, 0) is 50.4 Å². The summed E-state index contributed by atoms with van der Waals surface area (Å²) in [7, 11) is -11.4. The summed E-state index contributed by atoms with van der Waals surface area (Å²) in [4.78, 5) is 99.6. The lowest BCUT2D eigenvalue weighted by Crippen LogP contribution is -2.68. The number of carbonyl (C=O) groups is 4. The average Bonchev–Trinajstić information content (AvgIpc) is 0.779. The number of ether oxygens (including phenoxy) is 5. The highest BCUT2D eigenvalue weighted by atomic mass is 31.2. The zero-order valence-corrected chi connectivity index (χ0v) is 64.0. The van der Waals surface area contributed by atoms with E-state index in [-0.39, 0.29) is 37.5 Å². The molecule has 584 valence electrons. The Labute approximate surface area is 596 Å². The van der Waals surface area contributed by atoms with Crippen molar-refractivity contribution >= 4 is 39.4 Å². The van der Waals surface area contributed by atoms with Crippen LogP contribution >= 0.6 is 15.6 Å². The summed E-state index contributed by atoms with van der Waals surface area (Å²) >= 11 is 0. The minimum Gasteiger partial charge on any atom is -0.457 e. The van der Waals surface area contributed by atoms with Crippen LogP contribution in [0.4, 0.5) is 0 Å². The fourth-order valence-electron chi connectivity index (χ4n) is 13.8. The summed E-state index contributed by atoms with van der Waals surface area (Å²) in [6.45, 7) is 11.1. The van der Waals surface area contributed by atoms with Gasteiger partial charge < -0.3 is 74.3 Å². The van der Waals surface area contributed by atoms with E-state index in [2.05, 4.69) is 52.2 Å². The lowest BCUT2D eigenvalue weighted by molar-refractivity contribution is -0.297. The van der Waals surface area contributed by atoms with Gasteiger partial charge >= 0.3 is 27.6 Å². The van der Waals surface area contributed by atoms with E-state index < -0.39 is 139 Å². The van der Waals surface area contributed by atoms with E-state index in [9.17, 15) is 68.3 Å².